The van der Waals surface area contributed by atoms with Gasteiger partial charge in [0.05, 0.1) is 12.7 Å². The Morgan fingerprint density at radius 3 is 2.53 bits per heavy atom. The Hall–Kier alpha value is -1.02. The van der Waals surface area contributed by atoms with Gasteiger partial charge in [-0.25, -0.2) is 0 Å². The highest BCUT2D eigenvalue weighted by molar-refractivity contribution is 5.31. The van der Waals surface area contributed by atoms with E-state index in [2.05, 4.69) is 0 Å². The summed E-state index contributed by atoms with van der Waals surface area (Å²) in [5.41, 5.74) is 1.14. The minimum absolute atomic E-state index is 0.269. The summed E-state index contributed by atoms with van der Waals surface area (Å²) >= 11 is 0. The van der Waals surface area contributed by atoms with E-state index in [1.165, 1.54) is 0 Å². The normalized spacial score (nSPS) is 12.9. The molecule has 1 aromatic carbocycles. The van der Waals surface area contributed by atoms with Crippen LogP contribution in [0.3, 0.4) is 0 Å². The van der Waals surface area contributed by atoms with Crippen molar-refractivity contribution in [3.8, 4) is 5.75 Å². The van der Waals surface area contributed by atoms with Gasteiger partial charge in [0.2, 0.25) is 0 Å². The Bertz CT molecular complexity index is 294. The molecule has 15 heavy (non-hydrogen) atoms. The number of benzene rings is 1. The Balaban J connectivity index is 2.35. The summed E-state index contributed by atoms with van der Waals surface area (Å²) in [6.45, 7) is 6.62. The van der Waals surface area contributed by atoms with E-state index < -0.39 is 0 Å². The predicted molar refractivity (Wildman–Crippen MR) is 62.1 cm³/mol. The second kappa shape index (κ2) is 5.76. The van der Waals surface area contributed by atoms with Crippen molar-refractivity contribution in [2.75, 3.05) is 6.61 Å². The third kappa shape index (κ3) is 3.92. The molecular weight excluding hydrogens is 188 g/mol. The predicted octanol–water partition coefficient (Wildman–Crippen LogP) is 2.78. The third-order valence-corrected chi connectivity index (χ3v) is 2.53. The van der Waals surface area contributed by atoms with E-state index in [0.717, 1.165) is 11.3 Å². The first-order valence-corrected chi connectivity index (χ1v) is 5.47. The number of hydrogen-bond donors (Lipinski definition) is 1. The topological polar surface area (TPSA) is 29.5 Å². The van der Waals surface area contributed by atoms with E-state index in [9.17, 15) is 5.11 Å². The van der Waals surface area contributed by atoms with E-state index in [1.807, 2.05) is 45.0 Å². The van der Waals surface area contributed by atoms with E-state index in [4.69, 9.17) is 4.74 Å². The molecule has 0 radical (unpaired) electrons. The molecule has 1 rings (SSSR count). The molecule has 1 atom stereocenters. The largest absolute Gasteiger partial charge is 0.493 e. The standard InChI is InChI=1S/C13H20O2/c1-10(2)12(14)8-9-15-13-7-5-4-6-11(13)3/h4-7,10,12,14H,8-9H2,1-3H3. The van der Waals surface area contributed by atoms with Crippen LogP contribution >= 0.6 is 0 Å². The van der Waals surface area contributed by atoms with Crippen molar-refractivity contribution >= 4 is 0 Å². The maximum Gasteiger partial charge on any atom is 0.122 e. The van der Waals surface area contributed by atoms with Crippen molar-refractivity contribution in [1.82, 2.24) is 0 Å². The lowest BCUT2D eigenvalue weighted by Crippen LogP contribution is -2.18. The van der Waals surface area contributed by atoms with Crippen LogP contribution in [0.2, 0.25) is 0 Å². The minimum atomic E-state index is -0.269. The number of hydrogen-bond acceptors (Lipinski definition) is 2. The van der Waals surface area contributed by atoms with Gasteiger partial charge in [0.25, 0.3) is 0 Å². The van der Waals surface area contributed by atoms with Gasteiger partial charge in [0, 0.05) is 6.42 Å². The zero-order valence-electron chi connectivity index (χ0n) is 9.73. The molecule has 1 unspecified atom stereocenters. The average Bonchev–Trinajstić information content (AvgIpc) is 2.20. The Labute approximate surface area is 91.9 Å². The number of aliphatic hydroxyl groups is 1. The van der Waals surface area contributed by atoms with Crippen LogP contribution in [-0.2, 0) is 0 Å². The van der Waals surface area contributed by atoms with Gasteiger partial charge < -0.3 is 9.84 Å². The molecule has 0 aliphatic heterocycles. The van der Waals surface area contributed by atoms with Crippen LogP contribution in [0.5, 0.6) is 5.75 Å². The molecule has 0 bridgehead atoms. The van der Waals surface area contributed by atoms with Gasteiger partial charge in [-0.1, -0.05) is 32.0 Å². The fraction of sp³-hybridized carbons (Fsp3) is 0.538. The highest BCUT2D eigenvalue weighted by atomic mass is 16.5. The van der Waals surface area contributed by atoms with Gasteiger partial charge in [-0.15, -0.1) is 0 Å². The molecule has 0 fully saturated rings. The highest BCUT2D eigenvalue weighted by Crippen LogP contribution is 2.17. The second-order valence-electron chi connectivity index (χ2n) is 4.21. The number of para-hydroxylation sites is 1. The van der Waals surface area contributed by atoms with E-state index >= 15 is 0 Å². The average molecular weight is 208 g/mol. The number of aliphatic hydroxyl groups excluding tert-OH is 1. The molecule has 1 N–H and O–H groups in total. The quantitative estimate of drug-likeness (QED) is 0.806. The lowest BCUT2D eigenvalue weighted by Gasteiger charge is -2.15. The first-order valence-electron chi connectivity index (χ1n) is 5.47. The summed E-state index contributed by atoms with van der Waals surface area (Å²) in [6, 6.07) is 7.93. The maximum atomic E-state index is 9.59. The second-order valence-corrected chi connectivity index (χ2v) is 4.21. The van der Waals surface area contributed by atoms with Crippen LogP contribution in [0.25, 0.3) is 0 Å². The van der Waals surface area contributed by atoms with Gasteiger partial charge >= 0.3 is 0 Å². The number of rotatable bonds is 5. The van der Waals surface area contributed by atoms with Crippen LogP contribution in [-0.4, -0.2) is 17.8 Å². The Kier molecular flexibility index (Phi) is 4.63. The maximum absolute atomic E-state index is 9.59. The monoisotopic (exact) mass is 208 g/mol. The summed E-state index contributed by atoms with van der Waals surface area (Å²) in [6.07, 6.45) is 0.417. The summed E-state index contributed by atoms with van der Waals surface area (Å²) in [5.74, 6) is 1.21. The van der Waals surface area contributed by atoms with Gasteiger partial charge in [-0.3, -0.25) is 0 Å². The van der Waals surface area contributed by atoms with E-state index in [-0.39, 0.29) is 6.10 Å². The van der Waals surface area contributed by atoms with E-state index in [0.29, 0.717) is 18.9 Å². The van der Waals surface area contributed by atoms with Crippen LogP contribution in [0.1, 0.15) is 25.8 Å². The van der Waals surface area contributed by atoms with Crippen LogP contribution < -0.4 is 4.74 Å². The fourth-order valence-corrected chi connectivity index (χ4v) is 1.34. The lowest BCUT2D eigenvalue weighted by molar-refractivity contribution is 0.0975. The van der Waals surface area contributed by atoms with Crippen LogP contribution in [0, 0.1) is 12.8 Å². The van der Waals surface area contributed by atoms with E-state index in [1.54, 1.807) is 0 Å². The van der Waals surface area contributed by atoms with Crippen LogP contribution in [0.4, 0.5) is 0 Å². The summed E-state index contributed by atoms with van der Waals surface area (Å²) in [5, 5.41) is 9.59. The molecule has 2 nitrogen and oxygen atoms in total. The minimum Gasteiger partial charge on any atom is -0.493 e. The fourth-order valence-electron chi connectivity index (χ4n) is 1.34. The van der Waals surface area contributed by atoms with Crippen molar-refractivity contribution in [3.05, 3.63) is 29.8 Å². The molecule has 0 spiro atoms. The van der Waals surface area contributed by atoms with Gasteiger partial charge in [0.1, 0.15) is 5.75 Å². The molecule has 0 aliphatic carbocycles. The zero-order valence-corrected chi connectivity index (χ0v) is 9.73. The van der Waals surface area contributed by atoms with Gasteiger partial charge in [0.15, 0.2) is 0 Å². The lowest BCUT2D eigenvalue weighted by atomic mass is 10.1. The Morgan fingerprint density at radius 1 is 1.27 bits per heavy atom. The van der Waals surface area contributed by atoms with Gasteiger partial charge in [-0.05, 0) is 24.5 Å². The first-order chi connectivity index (χ1) is 7.11. The van der Waals surface area contributed by atoms with Crippen molar-refractivity contribution in [2.45, 2.75) is 33.3 Å². The molecular formula is C13H20O2. The summed E-state index contributed by atoms with van der Waals surface area (Å²) in [7, 11) is 0. The molecule has 0 amide bonds. The molecule has 0 saturated heterocycles. The van der Waals surface area contributed by atoms with Gasteiger partial charge in [-0.2, -0.15) is 0 Å². The highest BCUT2D eigenvalue weighted by Gasteiger charge is 2.08. The number of aryl methyl sites for hydroxylation is 1. The molecule has 0 aromatic heterocycles. The molecule has 0 saturated carbocycles. The molecule has 0 aliphatic rings. The summed E-state index contributed by atoms with van der Waals surface area (Å²) < 4.78 is 5.60. The SMILES string of the molecule is Cc1ccccc1OCCC(O)C(C)C. The smallest absolute Gasteiger partial charge is 0.122 e. The van der Waals surface area contributed by atoms with Crippen LogP contribution in [0.15, 0.2) is 24.3 Å². The molecule has 2 heteroatoms. The van der Waals surface area contributed by atoms with Crippen molar-refractivity contribution < 1.29 is 9.84 Å². The first kappa shape index (κ1) is 12.1. The van der Waals surface area contributed by atoms with Crippen molar-refractivity contribution in [1.29, 1.82) is 0 Å². The molecule has 1 aromatic rings. The molecule has 84 valence electrons. The summed E-state index contributed by atoms with van der Waals surface area (Å²) in [4.78, 5) is 0. The Morgan fingerprint density at radius 2 is 1.93 bits per heavy atom. The molecule has 0 heterocycles. The third-order valence-electron chi connectivity index (χ3n) is 2.53. The van der Waals surface area contributed by atoms with Crippen molar-refractivity contribution in [3.63, 3.8) is 0 Å². The van der Waals surface area contributed by atoms with Crippen molar-refractivity contribution in [2.24, 2.45) is 5.92 Å². The number of ether oxygens (including phenoxy) is 1. The zero-order chi connectivity index (χ0) is 11.3.